The van der Waals surface area contributed by atoms with Gasteiger partial charge in [-0.05, 0) is 48.0 Å². The van der Waals surface area contributed by atoms with Gasteiger partial charge in [-0.3, -0.25) is 0 Å². The Bertz CT molecular complexity index is 854. The van der Waals surface area contributed by atoms with E-state index in [1.54, 1.807) is 18.2 Å². The second-order valence-electron chi connectivity index (χ2n) is 5.82. The highest BCUT2D eigenvalue weighted by molar-refractivity contribution is 7.89. The minimum absolute atomic E-state index is 0. The molecule has 1 atom stereocenters. The van der Waals surface area contributed by atoms with Crippen molar-refractivity contribution in [2.75, 3.05) is 13.6 Å². The number of hydrogen-bond acceptors (Lipinski definition) is 3. The van der Waals surface area contributed by atoms with Gasteiger partial charge in [-0.2, -0.15) is 0 Å². The van der Waals surface area contributed by atoms with Crippen molar-refractivity contribution >= 4 is 45.6 Å². The quantitative estimate of drug-likeness (QED) is 0.826. The summed E-state index contributed by atoms with van der Waals surface area (Å²) in [5, 5.41) is 6.41. The zero-order valence-corrected chi connectivity index (χ0v) is 16.0. The van der Waals surface area contributed by atoms with Crippen LogP contribution in [0.4, 0.5) is 0 Å². The number of likely N-dealkylation sites (N-methyl/N-ethyl adjacent to an activating group) is 1. The van der Waals surface area contributed by atoms with Crippen LogP contribution in [0.15, 0.2) is 41.3 Å². The molecule has 2 aromatic rings. The number of fused-ring (bicyclic) bond motifs is 1. The number of primary sulfonamides is 1. The zero-order valence-electron chi connectivity index (χ0n) is 12.9. The first kappa shape index (κ1) is 19.5. The predicted molar refractivity (Wildman–Crippen MR) is 99.7 cm³/mol. The predicted octanol–water partition coefficient (Wildman–Crippen LogP) is 3.64. The largest absolute Gasteiger partial charge is 0.301 e. The Balaban J connectivity index is 0.00000208. The van der Waals surface area contributed by atoms with Gasteiger partial charge in [0, 0.05) is 29.1 Å². The summed E-state index contributed by atoms with van der Waals surface area (Å²) in [6, 6.07) is 10.3. The Morgan fingerprint density at radius 1 is 1.17 bits per heavy atom. The average Bonchev–Trinajstić information content (AvgIpc) is 2.47. The molecule has 2 N–H and O–H groups in total. The van der Waals surface area contributed by atoms with Gasteiger partial charge in [-0.1, -0.05) is 35.3 Å². The molecular formula is C16H17Cl3N2O2S. The second kappa shape index (κ2) is 7.20. The van der Waals surface area contributed by atoms with Crippen molar-refractivity contribution in [3.05, 3.63) is 63.1 Å². The van der Waals surface area contributed by atoms with E-state index >= 15 is 0 Å². The normalized spacial score (nSPS) is 17.9. The van der Waals surface area contributed by atoms with Crippen LogP contribution in [0, 0.1) is 0 Å². The van der Waals surface area contributed by atoms with Crippen molar-refractivity contribution < 1.29 is 8.42 Å². The minimum atomic E-state index is -3.69. The number of nitrogens with zero attached hydrogens (tertiary/aromatic N) is 1. The van der Waals surface area contributed by atoms with Crippen LogP contribution < -0.4 is 5.14 Å². The Morgan fingerprint density at radius 2 is 1.79 bits per heavy atom. The monoisotopic (exact) mass is 406 g/mol. The van der Waals surface area contributed by atoms with Crippen LogP contribution in [0.2, 0.25) is 10.0 Å². The lowest BCUT2D eigenvalue weighted by atomic mass is 9.85. The summed E-state index contributed by atoms with van der Waals surface area (Å²) in [7, 11) is -1.66. The molecule has 1 aliphatic rings. The lowest BCUT2D eigenvalue weighted by Crippen LogP contribution is -2.31. The fraction of sp³-hybridized carbons (Fsp3) is 0.250. The maximum Gasteiger partial charge on any atom is 0.238 e. The number of sulfonamides is 1. The molecule has 0 amide bonds. The van der Waals surface area contributed by atoms with Gasteiger partial charge in [0.15, 0.2) is 0 Å². The number of rotatable bonds is 2. The van der Waals surface area contributed by atoms with Crippen LogP contribution in [0.5, 0.6) is 0 Å². The van der Waals surface area contributed by atoms with Crippen LogP contribution in [0.1, 0.15) is 22.6 Å². The molecule has 0 aromatic heterocycles. The van der Waals surface area contributed by atoms with Gasteiger partial charge in [-0.15, -0.1) is 12.4 Å². The van der Waals surface area contributed by atoms with E-state index in [2.05, 4.69) is 4.90 Å². The number of halogens is 3. The van der Waals surface area contributed by atoms with Crippen LogP contribution in [0.25, 0.3) is 0 Å². The molecule has 24 heavy (non-hydrogen) atoms. The first-order valence-electron chi connectivity index (χ1n) is 7.05. The zero-order chi connectivity index (χ0) is 16.8. The maximum absolute atomic E-state index is 11.4. The van der Waals surface area contributed by atoms with E-state index < -0.39 is 10.0 Å². The summed E-state index contributed by atoms with van der Waals surface area (Å²) in [6.45, 7) is 1.56. The summed E-state index contributed by atoms with van der Waals surface area (Å²) >= 11 is 12.5. The topological polar surface area (TPSA) is 63.4 Å². The molecule has 130 valence electrons. The van der Waals surface area contributed by atoms with Crippen molar-refractivity contribution in [1.29, 1.82) is 0 Å². The van der Waals surface area contributed by atoms with Gasteiger partial charge >= 0.3 is 0 Å². The summed E-state index contributed by atoms with van der Waals surface area (Å²) < 4.78 is 22.8. The maximum atomic E-state index is 11.4. The third-order valence-electron chi connectivity index (χ3n) is 4.10. The average molecular weight is 408 g/mol. The Labute approximate surface area is 158 Å². The van der Waals surface area contributed by atoms with E-state index in [1.807, 2.05) is 13.1 Å². The molecule has 0 saturated carbocycles. The highest BCUT2D eigenvalue weighted by atomic mass is 35.5. The summed E-state index contributed by atoms with van der Waals surface area (Å²) in [4.78, 5) is 2.29. The van der Waals surface area contributed by atoms with E-state index in [0.717, 1.165) is 29.8 Å². The molecule has 0 radical (unpaired) electrons. The van der Waals surface area contributed by atoms with Crippen LogP contribution >= 0.6 is 35.6 Å². The molecule has 0 spiro atoms. The Hall–Kier alpha value is -0.820. The third kappa shape index (κ3) is 3.87. The SMILES string of the molecule is CN1Cc2c(Cl)cc(Cl)cc2C(c2ccc(S(N)(=O)=O)cc2)C1.Cl. The van der Waals surface area contributed by atoms with E-state index in [-0.39, 0.29) is 23.2 Å². The lowest BCUT2D eigenvalue weighted by Gasteiger charge is -2.33. The summed E-state index contributed by atoms with van der Waals surface area (Å²) in [6.07, 6.45) is 0. The van der Waals surface area contributed by atoms with Gasteiger partial charge in [0.1, 0.15) is 0 Å². The van der Waals surface area contributed by atoms with Gasteiger partial charge in [0.25, 0.3) is 0 Å². The highest BCUT2D eigenvalue weighted by Gasteiger charge is 2.27. The Morgan fingerprint density at radius 3 is 2.38 bits per heavy atom. The fourth-order valence-corrected chi connectivity index (χ4v) is 4.10. The van der Waals surface area contributed by atoms with E-state index in [0.29, 0.717) is 10.0 Å². The lowest BCUT2D eigenvalue weighted by molar-refractivity contribution is 0.295. The second-order valence-corrected chi connectivity index (χ2v) is 8.22. The van der Waals surface area contributed by atoms with Gasteiger partial charge in [0.05, 0.1) is 4.90 Å². The Kier molecular flexibility index (Phi) is 5.85. The number of hydrogen-bond donors (Lipinski definition) is 1. The molecule has 1 heterocycles. The van der Waals surface area contributed by atoms with Crippen molar-refractivity contribution in [2.24, 2.45) is 5.14 Å². The molecule has 2 aromatic carbocycles. The highest BCUT2D eigenvalue weighted by Crippen LogP contribution is 2.38. The van der Waals surface area contributed by atoms with Crippen LogP contribution in [-0.2, 0) is 16.6 Å². The number of nitrogens with two attached hydrogens (primary N) is 1. The molecule has 1 aliphatic heterocycles. The molecule has 3 rings (SSSR count). The van der Waals surface area contributed by atoms with Crippen LogP contribution in [-0.4, -0.2) is 26.9 Å². The fourth-order valence-electron chi connectivity index (χ4n) is 3.02. The van der Waals surface area contributed by atoms with E-state index in [1.165, 1.54) is 12.1 Å². The minimum Gasteiger partial charge on any atom is -0.301 e. The summed E-state index contributed by atoms with van der Waals surface area (Å²) in [5.74, 6) is 0.0782. The van der Waals surface area contributed by atoms with Gasteiger partial charge in [0.2, 0.25) is 10.0 Å². The van der Waals surface area contributed by atoms with Gasteiger partial charge < -0.3 is 4.90 Å². The standard InChI is InChI=1S/C16H16Cl2N2O2S.ClH/c1-20-8-14(10-2-4-12(5-3-10)23(19,21)22)13-6-11(17)7-16(18)15(13)9-20;/h2-7,14H,8-9H2,1H3,(H2,19,21,22);1H. The molecule has 8 heteroatoms. The molecule has 0 aliphatic carbocycles. The molecule has 0 fully saturated rings. The van der Waals surface area contributed by atoms with Crippen molar-refractivity contribution in [3.8, 4) is 0 Å². The van der Waals surface area contributed by atoms with Crippen molar-refractivity contribution in [2.45, 2.75) is 17.4 Å². The third-order valence-corrected chi connectivity index (χ3v) is 5.59. The van der Waals surface area contributed by atoms with E-state index in [4.69, 9.17) is 28.3 Å². The molecule has 0 bridgehead atoms. The molecule has 1 unspecified atom stereocenters. The number of benzene rings is 2. The molecule has 0 saturated heterocycles. The summed E-state index contributed by atoms with van der Waals surface area (Å²) in [5.41, 5.74) is 3.15. The molecular weight excluding hydrogens is 391 g/mol. The first-order valence-corrected chi connectivity index (χ1v) is 9.35. The van der Waals surface area contributed by atoms with E-state index in [9.17, 15) is 8.42 Å². The first-order chi connectivity index (χ1) is 10.8. The van der Waals surface area contributed by atoms with Crippen LogP contribution in [0.3, 0.4) is 0 Å². The van der Waals surface area contributed by atoms with Crippen molar-refractivity contribution in [1.82, 2.24) is 4.90 Å². The van der Waals surface area contributed by atoms with Gasteiger partial charge in [-0.25, -0.2) is 13.6 Å². The van der Waals surface area contributed by atoms with Crippen molar-refractivity contribution in [3.63, 3.8) is 0 Å². The molecule has 4 nitrogen and oxygen atoms in total. The smallest absolute Gasteiger partial charge is 0.238 e.